The Morgan fingerprint density at radius 2 is 2.06 bits per heavy atom. The normalized spacial score (nSPS) is 16.8. The summed E-state index contributed by atoms with van der Waals surface area (Å²) in [5.41, 5.74) is 0. The fourth-order valence-electron chi connectivity index (χ4n) is 1.42. The van der Waals surface area contributed by atoms with Crippen molar-refractivity contribution in [2.75, 3.05) is 40.5 Å². The van der Waals surface area contributed by atoms with E-state index in [1.807, 2.05) is 0 Å². The van der Waals surface area contributed by atoms with Crippen molar-refractivity contribution < 1.29 is 14.2 Å². The first-order valence-corrected chi connectivity index (χ1v) is 6.06. The van der Waals surface area contributed by atoms with Gasteiger partial charge in [0.15, 0.2) is 0 Å². The van der Waals surface area contributed by atoms with Crippen molar-refractivity contribution in [2.45, 2.75) is 4.90 Å². The van der Waals surface area contributed by atoms with Crippen LogP contribution >= 0.6 is 11.9 Å². The van der Waals surface area contributed by atoms with Gasteiger partial charge in [0.05, 0.1) is 33.6 Å². The number of morpholine rings is 1. The highest BCUT2D eigenvalue weighted by atomic mass is 32.2. The molecule has 2 rings (SSSR count). The van der Waals surface area contributed by atoms with E-state index in [-0.39, 0.29) is 0 Å². The van der Waals surface area contributed by atoms with Crippen molar-refractivity contribution in [3.63, 3.8) is 0 Å². The lowest BCUT2D eigenvalue weighted by Gasteiger charge is -2.25. The molecule has 1 aliphatic heterocycles. The van der Waals surface area contributed by atoms with Gasteiger partial charge >= 0.3 is 6.01 Å². The lowest BCUT2D eigenvalue weighted by Crippen LogP contribution is -2.31. The van der Waals surface area contributed by atoms with Gasteiger partial charge < -0.3 is 14.2 Å². The van der Waals surface area contributed by atoms with Gasteiger partial charge in [-0.3, -0.25) is 0 Å². The number of hydrogen-bond donors (Lipinski definition) is 0. The number of methoxy groups -OCH3 is 2. The fourth-order valence-corrected chi connectivity index (χ4v) is 2.34. The van der Waals surface area contributed by atoms with Crippen LogP contribution in [0.15, 0.2) is 11.1 Å². The van der Waals surface area contributed by atoms with Crippen molar-refractivity contribution in [2.24, 2.45) is 0 Å². The highest BCUT2D eigenvalue weighted by molar-refractivity contribution is 7.97. The Morgan fingerprint density at radius 1 is 1.29 bits per heavy atom. The summed E-state index contributed by atoms with van der Waals surface area (Å²) in [5.74, 6) is 0.536. The van der Waals surface area contributed by atoms with Crippen molar-refractivity contribution in [1.82, 2.24) is 14.3 Å². The zero-order valence-corrected chi connectivity index (χ0v) is 10.7. The molecule has 1 saturated heterocycles. The molecule has 0 aromatic carbocycles. The van der Waals surface area contributed by atoms with Crippen LogP contribution in [0.25, 0.3) is 0 Å². The Kier molecular flexibility index (Phi) is 4.41. The molecule has 94 valence electrons. The van der Waals surface area contributed by atoms with E-state index in [0.29, 0.717) is 11.9 Å². The molecule has 7 heteroatoms. The van der Waals surface area contributed by atoms with Crippen LogP contribution in [0.2, 0.25) is 0 Å². The van der Waals surface area contributed by atoms with E-state index in [9.17, 15) is 0 Å². The van der Waals surface area contributed by atoms with Gasteiger partial charge in [-0.05, 0) is 11.9 Å². The average Bonchev–Trinajstić information content (AvgIpc) is 2.40. The minimum absolute atomic E-state index is 0.313. The molecule has 0 unspecified atom stereocenters. The van der Waals surface area contributed by atoms with Crippen molar-refractivity contribution in [3.05, 3.63) is 6.20 Å². The van der Waals surface area contributed by atoms with E-state index < -0.39 is 0 Å². The topological polar surface area (TPSA) is 56.7 Å². The highest BCUT2D eigenvalue weighted by Gasteiger charge is 2.16. The molecular weight excluding hydrogens is 242 g/mol. The van der Waals surface area contributed by atoms with Crippen molar-refractivity contribution in [3.8, 4) is 11.9 Å². The SMILES string of the molecule is COc1ncc(SN2CCOCC2)c(OC)n1. The number of nitrogens with zero attached hydrogens (tertiary/aromatic N) is 3. The summed E-state index contributed by atoms with van der Waals surface area (Å²) in [5, 5.41) is 0. The standard InChI is InChI=1S/C10H15N3O3S/c1-14-9-8(7-11-10(12-9)15-2)17-13-3-5-16-6-4-13/h7H,3-6H2,1-2H3. The van der Waals surface area contributed by atoms with Crippen LogP contribution in [0.5, 0.6) is 11.9 Å². The van der Waals surface area contributed by atoms with Gasteiger partial charge in [0, 0.05) is 13.1 Å². The lowest BCUT2D eigenvalue weighted by molar-refractivity contribution is 0.0772. The highest BCUT2D eigenvalue weighted by Crippen LogP contribution is 2.30. The predicted octanol–water partition coefficient (Wildman–Crippen LogP) is 0.833. The van der Waals surface area contributed by atoms with Gasteiger partial charge in [-0.1, -0.05) is 0 Å². The smallest absolute Gasteiger partial charge is 0.319 e. The van der Waals surface area contributed by atoms with Crippen LogP contribution in [0, 0.1) is 0 Å². The molecule has 1 fully saturated rings. The van der Waals surface area contributed by atoms with Gasteiger partial charge in [0.25, 0.3) is 0 Å². The molecule has 0 bridgehead atoms. The van der Waals surface area contributed by atoms with E-state index in [1.165, 1.54) is 7.11 Å². The number of rotatable bonds is 4. The third kappa shape index (κ3) is 3.21. The van der Waals surface area contributed by atoms with Crippen molar-refractivity contribution in [1.29, 1.82) is 0 Å². The number of ether oxygens (including phenoxy) is 3. The molecule has 0 amide bonds. The monoisotopic (exact) mass is 257 g/mol. The van der Waals surface area contributed by atoms with Gasteiger partial charge in [0.2, 0.25) is 5.88 Å². The summed E-state index contributed by atoms with van der Waals surface area (Å²) < 4.78 is 17.7. The maximum absolute atomic E-state index is 5.29. The molecular formula is C10H15N3O3S. The summed E-state index contributed by atoms with van der Waals surface area (Å²) in [6, 6.07) is 0.313. The minimum atomic E-state index is 0.313. The summed E-state index contributed by atoms with van der Waals surface area (Å²) in [6.07, 6.45) is 1.71. The molecule has 2 heterocycles. The van der Waals surface area contributed by atoms with Crippen LogP contribution in [-0.4, -0.2) is 54.8 Å². The van der Waals surface area contributed by atoms with Crippen molar-refractivity contribution >= 4 is 11.9 Å². The maximum Gasteiger partial charge on any atom is 0.319 e. The summed E-state index contributed by atoms with van der Waals surface area (Å²) in [4.78, 5) is 9.10. The molecule has 0 atom stereocenters. The number of aromatic nitrogens is 2. The van der Waals surface area contributed by atoms with E-state index in [0.717, 1.165) is 31.2 Å². The fraction of sp³-hybridized carbons (Fsp3) is 0.600. The van der Waals surface area contributed by atoms with Crippen LogP contribution in [0.1, 0.15) is 0 Å². The van der Waals surface area contributed by atoms with Gasteiger partial charge in [-0.2, -0.15) is 4.98 Å². The van der Waals surface area contributed by atoms with Crippen LogP contribution in [0.3, 0.4) is 0 Å². The molecule has 1 aromatic heterocycles. The van der Waals surface area contributed by atoms with Crippen LogP contribution in [0.4, 0.5) is 0 Å². The third-order valence-corrected chi connectivity index (χ3v) is 3.37. The molecule has 0 aliphatic carbocycles. The van der Waals surface area contributed by atoms with E-state index in [4.69, 9.17) is 14.2 Å². The molecule has 1 aromatic rings. The molecule has 17 heavy (non-hydrogen) atoms. The summed E-state index contributed by atoms with van der Waals surface area (Å²) in [6.45, 7) is 3.29. The molecule has 0 spiro atoms. The average molecular weight is 257 g/mol. The Labute approximate surface area is 104 Å². The Morgan fingerprint density at radius 3 is 2.71 bits per heavy atom. The van der Waals surface area contributed by atoms with Crippen LogP contribution < -0.4 is 9.47 Å². The van der Waals surface area contributed by atoms with E-state index >= 15 is 0 Å². The Hall–Kier alpha value is -1.05. The van der Waals surface area contributed by atoms with Gasteiger partial charge in [0.1, 0.15) is 4.90 Å². The first kappa shape index (κ1) is 12.4. The molecule has 1 aliphatic rings. The minimum Gasteiger partial charge on any atom is -0.480 e. The first-order valence-electron chi connectivity index (χ1n) is 5.29. The molecule has 0 saturated carbocycles. The summed E-state index contributed by atoms with van der Waals surface area (Å²) >= 11 is 1.58. The maximum atomic E-state index is 5.29. The lowest BCUT2D eigenvalue weighted by atomic mass is 10.5. The number of hydrogen-bond acceptors (Lipinski definition) is 7. The van der Waals surface area contributed by atoms with E-state index in [1.54, 1.807) is 25.3 Å². The Bertz CT molecular complexity index is 372. The van der Waals surface area contributed by atoms with Crippen LogP contribution in [-0.2, 0) is 4.74 Å². The zero-order chi connectivity index (χ0) is 12.1. The quantitative estimate of drug-likeness (QED) is 0.740. The van der Waals surface area contributed by atoms with Gasteiger partial charge in [-0.25, -0.2) is 9.29 Å². The van der Waals surface area contributed by atoms with E-state index in [2.05, 4.69) is 14.3 Å². The second-order valence-electron chi connectivity index (χ2n) is 3.36. The second-order valence-corrected chi connectivity index (χ2v) is 4.50. The molecule has 0 radical (unpaired) electrons. The second kappa shape index (κ2) is 6.04. The zero-order valence-electron chi connectivity index (χ0n) is 9.88. The summed E-state index contributed by atoms with van der Waals surface area (Å²) in [7, 11) is 3.12. The predicted molar refractivity (Wildman–Crippen MR) is 63.4 cm³/mol. The molecule has 6 nitrogen and oxygen atoms in total. The van der Waals surface area contributed by atoms with Gasteiger partial charge in [-0.15, -0.1) is 0 Å². The first-order chi connectivity index (χ1) is 8.33. The largest absolute Gasteiger partial charge is 0.480 e. The third-order valence-electron chi connectivity index (χ3n) is 2.27. The Balaban J connectivity index is 2.08. The molecule has 0 N–H and O–H groups in total.